The summed E-state index contributed by atoms with van der Waals surface area (Å²) in [5, 5.41) is 5.02. The monoisotopic (exact) mass is 326 g/mol. The first-order valence-corrected chi connectivity index (χ1v) is 8.89. The molecule has 21 heavy (non-hydrogen) atoms. The normalized spacial score (nSPS) is 12.0. The van der Waals surface area contributed by atoms with E-state index in [4.69, 9.17) is 0 Å². The Hall–Kier alpha value is -1.35. The summed E-state index contributed by atoms with van der Waals surface area (Å²) in [6, 6.07) is 3.61. The van der Waals surface area contributed by atoms with Crippen molar-refractivity contribution in [1.29, 1.82) is 0 Å². The molecule has 2 aromatic rings. The van der Waals surface area contributed by atoms with E-state index in [2.05, 4.69) is 20.0 Å². The molecule has 0 spiro atoms. The molecule has 0 aromatic carbocycles. The first kappa shape index (κ1) is 16.0. The number of rotatable bonds is 7. The standard InChI is InChI=1S/C13H18N4O2S2/c1-10(2)15-8-12-13(4-6-20-12)21(18,19)17-7-11-3-5-14-9-16-11/h3-6,9-10,15,17H,7-8H2,1-2H3. The van der Waals surface area contributed by atoms with Crippen molar-refractivity contribution in [1.82, 2.24) is 20.0 Å². The quantitative estimate of drug-likeness (QED) is 0.806. The Morgan fingerprint density at radius 3 is 2.76 bits per heavy atom. The Morgan fingerprint density at radius 2 is 2.10 bits per heavy atom. The predicted molar refractivity (Wildman–Crippen MR) is 82.4 cm³/mol. The lowest BCUT2D eigenvalue weighted by molar-refractivity contribution is 0.571. The van der Waals surface area contributed by atoms with E-state index in [-0.39, 0.29) is 6.54 Å². The summed E-state index contributed by atoms with van der Waals surface area (Å²) in [6.07, 6.45) is 2.98. The van der Waals surface area contributed by atoms with Crippen LogP contribution >= 0.6 is 11.3 Å². The third kappa shape index (κ3) is 4.57. The minimum absolute atomic E-state index is 0.151. The van der Waals surface area contributed by atoms with Gasteiger partial charge >= 0.3 is 0 Å². The van der Waals surface area contributed by atoms with E-state index in [9.17, 15) is 8.42 Å². The second-order valence-electron chi connectivity index (χ2n) is 4.77. The summed E-state index contributed by atoms with van der Waals surface area (Å²) < 4.78 is 27.3. The minimum Gasteiger partial charge on any atom is -0.310 e. The van der Waals surface area contributed by atoms with Crippen molar-refractivity contribution in [3.8, 4) is 0 Å². The van der Waals surface area contributed by atoms with Gasteiger partial charge in [-0.1, -0.05) is 13.8 Å². The summed E-state index contributed by atoms with van der Waals surface area (Å²) in [5.41, 5.74) is 0.630. The van der Waals surface area contributed by atoms with Gasteiger partial charge in [0.05, 0.1) is 17.1 Å². The van der Waals surface area contributed by atoms with E-state index >= 15 is 0 Å². The molecule has 0 saturated heterocycles. The topological polar surface area (TPSA) is 84.0 Å². The SMILES string of the molecule is CC(C)NCc1sccc1S(=O)(=O)NCc1ccncn1. The second-order valence-corrected chi connectivity index (χ2v) is 7.50. The molecule has 0 amide bonds. The summed E-state index contributed by atoms with van der Waals surface area (Å²) >= 11 is 1.43. The zero-order chi connectivity index (χ0) is 15.3. The highest BCUT2D eigenvalue weighted by molar-refractivity contribution is 7.89. The van der Waals surface area contributed by atoms with Crippen LogP contribution in [-0.2, 0) is 23.1 Å². The van der Waals surface area contributed by atoms with Crippen molar-refractivity contribution in [3.05, 3.63) is 40.6 Å². The van der Waals surface area contributed by atoms with E-state index in [1.165, 1.54) is 17.7 Å². The zero-order valence-electron chi connectivity index (χ0n) is 11.9. The van der Waals surface area contributed by atoms with E-state index in [1.54, 1.807) is 23.7 Å². The van der Waals surface area contributed by atoms with Crippen LogP contribution in [0.4, 0.5) is 0 Å². The minimum atomic E-state index is -3.53. The molecule has 2 rings (SSSR count). The van der Waals surface area contributed by atoms with Crippen molar-refractivity contribution in [2.75, 3.05) is 0 Å². The van der Waals surface area contributed by atoms with Gasteiger partial charge in [0.2, 0.25) is 10.0 Å². The van der Waals surface area contributed by atoms with E-state index in [1.807, 2.05) is 13.8 Å². The Kier molecular flexibility index (Phi) is 5.40. The Balaban J connectivity index is 2.07. The number of sulfonamides is 1. The van der Waals surface area contributed by atoms with Gasteiger partial charge < -0.3 is 5.32 Å². The Labute approximate surface area is 128 Å². The molecule has 0 aliphatic rings. The highest BCUT2D eigenvalue weighted by Crippen LogP contribution is 2.22. The third-order valence-corrected chi connectivity index (χ3v) is 5.29. The Bertz CT molecular complexity index is 668. The molecule has 8 heteroatoms. The summed E-state index contributed by atoms with van der Waals surface area (Å²) in [5.74, 6) is 0. The lowest BCUT2D eigenvalue weighted by Gasteiger charge is -2.10. The van der Waals surface area contributed by atoms with Crippen LogP contribution in [0.25, 0.3) is 0 Å². The van der Waals surface area contributed by atoms with Gasteiger partial charge in [0, 0.05) is 23.7 Å². The van der Waals surface area contributed by atoms with Gasteiger partial charge in [-0.05, 0) is 17.5 Å². The molecule has 2 N–H and O–H groups in total. The lowest BCUT2D eigenvalue weighted by Crippen LogP contribution is -2.26. The van der Waals surface area contributed by atoms with Crippen molar-refractivity contribution in [2.45, 2.75) is 37.9 Å². The van der Waals surface area contributed by atoms with Crippen LogP contribution in [0.2, 0.25) is 0 Å². The molecule has 0 bridgehead atoms. The van der Waals surface area contributed by atoms with Crippen LogP contribution in [0, 0.1) is 0 Å². The lowest BCUT2D eigenvalue weighted by atomic mass is 10.4. The maximum Gasteiger partial charge on any atom is 0.242 e. The Morgan fingerprint density at radius 1 is 1.29 bits per heavy atom. The molecule has 0 aliphatic carbocycles. The molecule has 114 valence electrons. The number of thiophene rings is 1. The third-order valence-electron chi connectivity index (χ3n) is 2.75. The maximum absolute atomic E-state index is 12.4. The molecule has 0 aliphatic heterocycles. The van der Waals surface area contributed by atoms with Gasteiger partial charge in [-0.15, -0.1) is 11.3 Å². The summed E-state index contributed by atoms with van der Waals surface area (Å²) in [6.45, 7) is 4.74. The van der Waals surface area contributed by atoms with Crippen LogP contribution in [-0.4, -0.2) is 24.4 Å². The maximum atomic E-state index is 12.4. The average Bonchev–Trinajstić information content (AvgIpc) is 2.93. The van der Waals surface area contributed by atoms with Crippen LogP contribution in [0.5, 0.6) is 0 Å². The van der Waals surface area contributed by atoms with Crippen molar-refractivity contribution < 1.29 is 8.42 Å². The molecular weight excluding hydrogens is 308 g/mol. The largest absolute Gasteiger partial charge is 0.310 e. The first-order valence-electron chi connectivity index (χ1n) is 6.53. The number of nitrogens with one attached hydrogen (secondary N) is 2. The van der Waals surface area contributed by atoms with Crippen LogP contribution in [0.3, 0.4) is 0 Å². The van der Waals surface area contributed by atoms with E-state index < -0.39 is 10.0 Å². The van der Waals surface area contributed by atoms with Gasteiger partial charge in [-0.2, -0.15) is 0 Å². The zero-order valence-corrected chi connectivity index (χ0v) is 13.5. The molecule has 0 fully saturated rings. The van der Waals surface area contributed by atoms with Gasteiger partial charge in [0.25, 0.3) is 0 Å². The smallest absolute Gasteiger partial charge is 0.242 e. The molecule has 0 atom stereocenters. The van der Waals surface area contributed by atoms with Crippen molar-refractivity contribution in [3.63, 3.8) is 0 Å². The van der Waals surface area contributed by atoms with E-state index in [0.29, 0.717) is 23.2 Å². The predicted octanol–water partition coefficient (Wildman–Crippen LogP) is 1.51. The van der Waals surface area contributed by atoms with E-state index in [0.717, 1.165) is 4.88 Å². The molecule has 2 aromatic heterocycles. The van der Waals surface area contributed by atoms with Gasteiger partial charge in [0.1, 0.15) is 6.33 Å². The molecule has 6 nitrogen and oxygen atoms in total. The molecule has 2 heterocycles. The highest BCUT2D eigenvalue weighted by Gasteiger charge is 2.19. The van der Waals surface area contributed by atoms with Crippen LogP contribution in [0.15, 0.2) is 34.9 Å². The van der Waals surface area contributed by atoms with Crippen molar-refractivity contribution >= 4 is 21.4 Å². The summed E-state index contributed by atoms with van der Waals surface area (Å²) in [7, 11) is -3.53. The first-order chi connectivity index (χ1) is 9.99. The van der Waals surface area contributed by atoms with Gasteiger partial charge in [0.15, 0.2) is 0 Å². The molecule has 0 unspecified atom stereocenters. The van der Waals surface area contributed by atoms with Crippen LogP contribution < -0.4 is 10.0 Å². The van der Waals surface area contributed by atoms with Gasteiger partial charge in [-0.3, -0.25) is 0 Å². The number of nitrogens with zero attached hydrogens (tertiary/aromatic N) is 2. The summed E-state index contributed by atoms with van der Waals surface area (Å²) in [4.78, 5) is 8.93. The molecule has 0 saturated carbocycles. The number of hydrogen-bond acceptors (Lipinski definition) is 6. The van der Waals surface area contributed by atoms with Gasteiger partial charge in [-0.25, -0.2) is 23.1 Å². The average molecular weight is 326 g/mol. The highest BCUT2D eigenvalue weighted by atomic mass is 32.2. The fraction of sp³-hybridized carbons (Fsp3) is 0.385. The van der Waals surface area contributed by atoms with Crippen molar-refractivity contribution in [2.24, 2.45) is 0 Å². The number of aromatic nitrogens is 2. The fourth-order valence-electron chi connectivity index (χ4n) is 1.66. The second kappa shape index (κ2) is 7.08. The number of hydrogen-bond donors (Lipinski definition) is 2. The molecule has 0 radical (unpaired) electrons. The molecular formula is C13H18N4O2S2. The fourth-order valence-corrected chi connectivity index (χ4v) is 4.05. The van der Waals surface area contributed by atoms with Crippen LogP contribution in [0.1, 0.15) is 24.4 Å².